The smallest absolute Gasteiger partial charge is 0.310 e. The Kier molecular flexibility index (Phi) is 8.01. The molecule has 2 heterocycles. The third-order valence-corrected chi connectivity index (χ3v) is 6.05. The maximum Gasteiger partial charge on any atom is 0.310 e. The number of nitrogens with zero attached hydrogens (tertiary/aromatic N) is 1. The summed E-state index contributed by atoms with van der Waals surface area (Å²) in [7, 11) is 1.62. The Morgan fingerprint density at radius 1 is 1.09 bits per heavy atom. The third kappa shape index (κ3) is 6.40. The number of amides is 3. The molecular formula is C27H29N3O5. The lowest BCUT2D eigenvalue weighted by molar-refractivity contribution is -0.140. The van der Waals surface area contributed by atoms with Crippen LogP contribution in [0.4, 0.5) is 5.69 Å². The first-order valence-corrected chi connectivity index (χ1v) is 11.8. The van der Waals surface area contributed by atoms with E-state index in [1.165, 1.54) is 4.90 Å². The molecule has 2 aliphatic rings. The number of nitrogens with one attached hydrogen (secondary N) is 2. The van der Waals surface area contributed by atoms with Crippen LogP contribution in [-0.4, -0.2) is 57.2 Å². The van der Waals surface area contributed by atoms with Gasteiger partial charge in [-0.3, -0.25) is 14.4 Å². The fraction of sp³-hybridized carbons (Fsp3) is 0.370. The standard InChI is InChI=1S/C27H29N3O5/c1-30-23-17-21(8-7-20-12-15-34-16-13-20)9-10-24(23)35-18-22(27(30)33)29-26(32)25(31)28-14-11-19-5-3-2-4-6-19/h2-6,9-10,17,20,22H,11-16,18H2,1H3,(H,28,31)(H,29,32)/t22-/m0/s1. The summed E-state index contributed by atoms with van der Waals surface area (Å²) in [6.07, 6.45) is 2.43. The largest absolute Gasteiger partial charge is 0.489 e. The van der Waals surface area contributed by atoms with Gasteiger partial charge in [0, 0.05) is 38.3 Å². The van der Waals surface area contributed by atoms with Crippen LogP contribution in [0.25, 0.3) is 0 Å². The highest BCUT2D eigenvalue weighted by Gasteiger charge is 2.32. The van der Waals surface area contributed by atoms with Crippen molar-refractivity contribution in [3.8, 4) is 17.6 Å². The second-order valence-corrected chi connectivity index (χ2v) is 8.56. The van der Waals surface area contributed by atoms with E-state index in [-0.39, 0.29) is 12.5 Å². The van der Waals surface area contributed by atoms with Gasteiger partial charge in [-0.1, -0.05) is 42.2 Å². The fourth-order valence-electron chi connectivity index (χ4n) is 3.98. The minimum atomic E-state index is -0.989. The van der Waals surface area contributed by atoms with Crippen LogP contribution in [0, 0.1) is 17.8 Å². The van der Waals surface area contributed by atoms with Crippen molar-refractivity contribution in [2.45, 2.75) is 25.3 Å². The van der Waals surface area contributed by atoms with Crippen molar-refractivity contribution in [1.82, 2.24) is 10.6 Å². The van der Waals surface area contributed by atoms with Gasteiger partial charge in [0.2, 0.25) is 0 Å². The minimum Gasteiger partial charge on any atom is -0.489 e. The number of fused-ring (bicyclic) bond motifs is 1. The van der Waals surface area contributed by atoms with Gasteiger partial charge in [0.15, 0.2) is 0 Å². The quantitative estimate of drug-likeness (QED) is 0.518. The number of hydrogen-bond donors (Lipinski definition) is 2. The van der Waals surface area contributed by atoms with Gasteiger partial charge in [-0.05, 0) is 43.0 Å². The van der Waals surface area contributed by atoms with Crippen LogP contribution in [-0.2, 0) is 25.5 Å². The second-order valence-electron chi connectivity index (χ2n) is 8.56. The fourth-order valence-corrected chi connectivity index (χ4v) is 3.98. The molecule has 0 aromatic heterocycles. The molecule has 0 saturated carbocycles. The number of carbonyl (C=O) groups excluding carboxylic acids is 3. The van der Waals surface area contributed by atoms with Crippen LogP contribution >= 0.6 is 0 Å². The van der Waals surface area contributed by atoms with E-state index in [9.17, 15) is 14.4 Å². The average molecular weight is 476 g/mol. The average Bonchev–Trinajstić information content (AvgIpc) is 3.00. The van der Waals surface area contributed by atoms with Crippen LogP contribution in [0.15, 0.2) is 48.5 Å². The lowest BCUT2D eigenvalue weighted by Crippen LogP contribution is -2.53. The molecule has 4 rings (SSSR count). The van der Waals surface area contributed by atoms with Crippen molar-refractivity contribution in [3.63, 3.8) is 0 Å². The minimum absolute atomic E-state index is 0.0771. The number of carbonyl (C=O) groups is 3. The van der Waals surface area contributed by atoms with Gasteiger partial charge in [-0.25, -0.2) is 0 Å². The van der Waals surface area contributed by atoms with Crippen molar-refractivity contribution >= 4 is 23.4 Å². The summed E-state index contributed by atoms with van der Waals surface area (Å²) in [6, 6.07) is 14.1. The van der Waals surface area contributed by atoms with E-state index in [4.69, 9.17) is 9.47 Å². The van der Waals surface area contributed by atoms with E-state index in [0.717, 1.165) is 37.2 Å². The van der Waals surface area contributed by atoms with Crippen molar-refractivity contribution in [1.29, 1.82) is 0 Å². The zero-order valence-electron chi connectivity index (χ0n) is 19.7. The predicted molar refractivity (Wildman–Crippen MR) is 131 cm³/mol. The zero-order valence-corrected chi connectivity index (χ0v) is 19.7. The lowest BCUT2D eigenvalue weighted by Gasteiger charge is -2.20. The van der Waals surface area contributed by atoms with Crippen LogP contribution in [0.1, 0.15) is 24.0 Å². The number of ether oxygens (including phenoxy) is 2. The first-order valence-electron chi connectivity index (χ1n) is 11.8. The molecule has 2 aromatic rings. The van der Waals surface area contributed by atoms with Crippen LogP contribution in [0.2, 0.25) is 0 Å². The third-order valence-electron chi connectivity index (χ3n) is 6.05. The summed E-state index contributed by atoms with van der Waals surface area (Å²) in [5.41, 5.74) is 2.40. The SMILES string of the molecule is CN1C(=O)[C@@H](NC(=O)C(=O)NCCc2ccccc2)COc2ccc(C#CC3CCOCC3)cc21. The first kappa shape index (κ1) is 24.3. The van der Waals surface area contributed by atoms with Gasteiger partial charge in [-0.2, -0.15) is 0 Å². The molecule has 1 saturated heterocycles. The van der Waals surface area contributed by atoms with E-state index in [1.807, 2.05) is 36.4 Å². The van der Waals surface area contributed by atoms with Crippen molar-refractivity contribution in [2.75, 3.05) is 38.3 Å². The number of hydrogen-bond acceptors (Lipinski definition) is 5. The number of anilines is 1. The molecule has 1 atom stereocenters. The van der Waals surface area contributed by atoms with Crippen molar-refractivity contribution < 1.29 is 23.9 Å². The topological polar surface area (TPSA) is 97.0 Å². The molecule has 8 nitrogen and oxygen atoms in total. The summed E-state index contributed by atoms with van der Waals surface area (Å²) in [5.74, 6) is 5.26. The predicted octanol–water partition coefficient (Wildman–Crippen LogP) is 1.66. The van der Waals surface area contributed by atoms with E-state index >= 15 is 0 Å². The monoisotopic (exact) mass is 475 g/mol. The van der Waals surface area contributed by atoms with Gasteiger partial charge in [-0.15, -0.1) is 0 Å². The summed E-state index contributed by atoms with van der Waals surface area (Å²) in [4.78, 5) is 39.1. The molecule has 8 heteroatoms. The Labute approximate surface area is 205 Å². The summed E-state index contributed by atoms with van der Waals surface area (Å²) < 4.78 is 11.2. The van der Waals surface area contributed by atoms with E-state index in [0.29, 0.717) is 30.3 Å². The Morgan fingerprint density at radius 2 is 1.86 bits per heavy atom. The molecule has 0 unspecified atom stereocenters. The summed E-state index contributed by atoms with van der Waals surface area (Å²) >= 11 is 0. The lowest BCUT2D eigenvalue weighted by atomic mass is 10.0. The Balaban J connectivity index is 1.35. The zero-order chi connectivity index (χ0) is 24.6. The molecule has 3 amide bonds. The Bertz CT molecular complexity index is 1130. The first-order chi connectivity index (χ1) is 17.0. The highest BCUT2D eigenvalue weighted by atomic mass is 16.5. The second kappa shape index (κ2) is 11.5. The van der Waals surface area contributed by atoms with Gasteiger partial charge in [0.25, 0.3) is 5.91 Å². The summed E-state index contributed by atoms with van der Waals surface area (Å²) in [5, 5.41) is 5.09. The van der Waals surface area contributed by atoms with Gasteiger partial charge < -0.3 is 25.0 Å². The molecule has 0 bridgehead atoms. The highest BCUT2D eigenvalue weighted by Crippen LogP contribution is 2.31. The van der Waals surface area contributed by atoms with E-state index in [1.54, 1.807) is 19.2 Å². The molecule has 0 aliphatic carbocycles. The number of benzene rings is 2. The number of rotatable bonds is 4. The Hall–Kier alpha value is -3.83. The van der Waals surface area contributed by atoms with Crippen LogP contribution in [0.5, 0.6) is 5.75 Å². The molecular weight excluding hydrogens is 446 g/mol. The maximum atomic E-state index is 13.0. The molecule has 1 fully saturated rings. The van der Waals surface area contributed by atoms with Gasteiger partial charge >= 0.3 is 11.8 Å². The molecule has 2 aliphatic heterocycles. The molecule has 2 aromatic carbocycles. The molecule has 0 spiro atoms. The summed E-state index contributed by atoms with van der Waals surface area (Å²) in [6.45, 7) is 1.69. The normalized spacial score (nSPS) is 17.8. The molecule has 0 radical (unpaired) electrons. The molecule has 2 N–H and O–H groups in total. The van der Waals surface area contributed by atoms with Crippen molar-refractivity contribution in [2.24, 2.45) is 5.92 Å². The number of likely N-dealkylation sites (N-methyl/N-ethyl adjacent to an activating group) is 1. The highest BCUT2D eigenvalue weighted by molar-refractivity contribution is 6.35. The maximum absolute atomic E-state index is 13.0. The van der Waals surface area contributed by atoms with Crippen LogP contribution in [0.3, 0.4) is 0 Å². The Morgan fingerprint density at radius 3 is 2.63 bits per heavy atom. The molecule has 182 valence electrons. The van der Waals surface area contributed by atoms with E-state index < -0.39 is 17.9 Å². The van der Waals surface area contributed by atoms with Crippen LogP contribution < -0.4 is 20.3 Å². The van der Waals surface area contributed by atoms with Gasteiger partial charge in [0.1, 0.15) is 18.4 Å². The van der Waals surface area contributed by atoms with E-state index in [2.05, 4.69) is 22.5 Å². The van der Waals surface area contributed by atoms with Crippen molar-refractivity contribution in [3.05, 3.63) is 59.7 Å². The molecule has 35 heavy (non-hydrogen) atoms. The van der Waals surface area contributed by atoms with Gasteiger partial charge in [0.05, 0.1) is 5.69 Å².